The van der Waals surface area contributed by atoms with E-state index in [0.29, 0.717) is 13.1 Å². The van der Waals surface area contributed by atoms with Gasteiger partial charge in [0.25, 0.3) is 0 Å². The van der Waals surface area contributed by atoms with Gasteiger partial charge in [-0.3, -0.25) is 4.99 Å². The van der Waals surface area contributed by atoms with Gasteiger partial charge in [-0.25, -0.2) is 8.42 Å². The lowest BCUT2D eigenvalue weighted by Crippen LogP contribution is -2.46. The summed E-state index contributed by atoms with van der Waals surface area (Å²) in [4.78, 5) is 6.40. The average Bonchev–Trinajstić information content (AvgIpc) is 2.96. The predicted octanol–water partition coefficient (Wildman–Crippen LogP) is 1.66. The molecule has 0 radical (unpaired) electrons. The van der Waals surface area contributed by atoms with Crippen LogP contribution >= 0.6 is 0 Å². The van der Waals surface area contributed by atoms with Crippen LogP contribution < -0.4 is 5.32 Å². The Kier molecular flexibility index (Phi) is 8.62. The van der Waals surface area contributed by atoms with Gasteiger partial charge in [0.05, 0.1) is 6.26 Å². The van der Waals surface area contributed by atoms with Crippen LogP contribution in [0.1, 0.15) is 38.5 Å². The first-order valence-corrected chi connectivity index (χ1v) is 10.2. The van der Waals surface area contributed by atoms with Crippen molar-refractivity contribution in [3.05, 3.63) is 12.7 Å². The fraction of sp³-hybridized carbons (Fsp3) is 0.812. The normalized spacial score (nSPS) is 19.8. The number of rotatable bonds is 9. The number of unbranched alkanes of at least 4 members (excludes halogenated alkanes) is 3. The second-order valence-corrected chi connectivity index (χ2v) is 8.09. The van der Waals surface area contributed by atoms with Crippen LogP contribution in [0.15, 0.2) is 17.6 Å². The van der Waals surface area contributed by atoms with Crippen molar-refractivity contribution in [1.82, 2.24) is 14.5 Å². The topological polar surface area (TPSA) is 65.0 Å². The van der Waals surface area contributed by atoms with E-state index < -0.39 is 10.0 Å². The molecular formula is C16H32N4O2S. The number of nitrogens with one attached hydrogen (secondary N) is 1. The highest BCUT2D eigenvalue weighted by atomic mass is 32.2. The molecule has 23 heavy (non-hydrogen) atoms. The smallest absolute Gasteiger partial charge is 0.211 e. The molecule has 0 unspecified atom stereocenters. The Hall–Kier alpha value is -1.08. The van der Waals surface area contributed by atoms with Crippen molar-refractivity contribution < 1.29 is 8.42 Å². The molecule has 0 saturated carbocycles. The van der Waals surface area contributed by atoms with Gasteiger partial charge in [-0.05, 0) is 32.1 Å². The lowest BCUT2D eigenvalue weighted by molar-refractivity contribution is 0.379. The summed E-state index contributed by atoms with van der Waals surface area (Å²) >= 11 is 0. The number of hydrogen-bond donors (Lipinski definition) is 1. The molecule has 0 amide bonds. The van der Waals surface area contributed by atoms with Crippen molar-refractivity contribution in [3.8, 4) is 0 Å². The zero-order valence-electron chi connectivity index (χ0n) is 14.8. The molecule has 1 rings (SSSR count). The van der Waals surface area contributed by atoms with Crippen LogP contribution in [0.2, 0.25) is 0 Å². The van der Waals surface area contributed by atoms with Gasteiger partial charge in [-0.2, -0.15) is 4.31 Å². The van der Waals surface area contributed by atoms with E-state index in [4.69, 9.17) is 0 Å². The highest BCUT2D eigenvalue weighted by molar-refractivity contribution is 7.88. The lowest BCUT2D eigenvalue weighted by atomic mass is 10.2. The zero-order chi connectivity index (χ0) is 17.3. The Bertz CT molecular complexity index is 490. The Morgan fingerprint density at radius 1 is 1.43 bits per heavy atom. The standard InChI is InChI=1S/C16H32N4O2S/c1-5-6-7-8-9-12-19(3)16(17-2)18-14-15-11-10-13-20(15)23(4,21)22/h5,15H,1,6-14H2,2-4H3,(H,17,18)/t15-/m1/s1. The Morgan fingerprint density at radius 3 is 2.78 bits per heavy atom. The van der Waals surface area contributed by atoms with Crippen LogP contribution in [-0.2, 0) is 10.0 Å². The number of guanidine groups is 1. The lowest BCUT2D eigenvalue weighted by Gasteiger charge is -2.26. The van der Waals surface area contributed by atoms with Crippen molar-refractivity contribution in [3.63, 3.8) is 0 Å². The van der Waals surface area contributed by atoms with Gasteiger partial charge in [-0.1, -0.05) is 12.5 Å². The molecule has 0 spiro atoms. The summed E-state index contributed by atoms with van der Waals surface area (Å²) in [5.74, 6) is 0.828. The molecule has 1 saturated heterocycles. The molecule has 0 aliphatic carbocycles. The Morgan fingerprint density at radius 2 is 2.17 bits per heavy atom. The van der Waals surface area contributed by atoms with E-state index in [1.807, 2.05) is 13.1 Å². The molecule has 0 aromatic heterocycles. The fourth-order valence-electron chi connectivity index (χ4n) is 2.96. The zero-order valence-corrected chi connectivity index (χ0v) is 15.6. The molecule has 6 nitrogen and oxygen atoms in total. The van der Waals surface area contributed by atoms with Crippen molar-refractivity contribution in [2.45, 2.75) is 44.6 Å². The second-order valence-electron chi connectivity index (χ2n) is 6.16. The van der Waals surface area contributed by atoms with Gasteiger partial charge < -0.3 is 10.2 Å². The molecule has 1 fully saturated rings. The molecule has 7 heteroatoms. The SMILES string of the molecule is C=CCCCCCN(C)C(=NC)NC[C@H]1CCCN1S(C)(=O)=O. The van der Waals surface area contributed by atoms with Crippen LogP contribution in [0.5, 0.6) is 0 Å². The first kappa shape index (κ1) is 20.0. The summed E-state index contributed by atoms with van der Waals surface area (Å²) < 4.78 is 25.1. The quantitative estimate of drug-likeness (QED) is 0.299. The molecule has 1 heterocycles. The minimum Gasteiger partial charge on any atom is -0.355 e. The predicted molar refractivity (Wildman–Crippen MR) is 97.2 cm³/mol. The maximum Gasteiger partial charge on any atom is 0.211 e. The monoisotopic (exact) mass is 344 g/mol. The number of sulfonamides is 1. The second kappa shape index (κ2) is 9.93. The first-order valence-electron chi connectivity index (χ1n) is 8.39. The Balaban J connectivity index is 2.40. The minimum atomic E-state index is -3.12. The molecule has 1 aliphatic heterocycles. The average molecular weight is 345 g/mol. The van der Waals surface area contributed by atoms with Gasteiger partial charge in [0, 0.05) is 39.8 Å². The molecule has 1 aliphatic rings. The van der Waals surface area contributed by atoms with E-state index >= 15 is 0 Å². The van der Waals surface area contributed by atoms with Crippen molar-refractivity contribution in [2.75, 3.05) is 40.0 Å². The summed E-state index contributed by atoms with van der Waals surface area (Å²) in [7, 11) is 0.665. The van der Waals surface area contributed by atoms with Crippen LogP contribution in [0.3, 0.4) is 0 Å². The van der Waals surface area contributed by atoms with E-state index in [1.54, 1.807) is 11.4 Å². The van der Waals surface area contributed by atoms with Crippen molar-refractivity contribution in [1.29, 1.82) is 0 Å². The summed E-state index contributed by atoms with van der Waals surface area (Å²) in [5, 5.41) is 3.32. The van der Waals surface area contributed by atoms with Gasteiger partial charge >= 0.3 is 0 Å². The summed E-state index contributed by atoms with van der Waals surface area (Å²) in [6.07, 6.45) is 9.62. The maximum atomic E-state index is 11.8. The van der Waals surface area contributed by atoms with Gasteiger partial charge in [0.2, 0.25) is 10.0 Å². The van der Waals surface area contributed by atoms with Crippen LogP contribution in [0.25, 0.3) is 0 Å². The van der Waals surface area contributed by atoms with E-state index in [-0.39, 0.29) is 6.04 Å². The number of nitrogens with zero attached hydrogens (tertiary/aromatic N) is 3. The van der Waals surface area contributed by atoms with Gasteiger partial charge in [-0.15, -0.1) is 6.58 Å². The third-order valence-corrected chi connectivity index (χ3v) is 5.55. The Labute approximate surface area is 141 Å². The van der Waals surface area contributed by atoms with Gasteiger partial charge in [0.15, 0.2) is 5.96 Å². The van der Waals surface area contributed by atoms with Crippen LogP contribution in [0.4, 0.5) is 0 Å². The first-order chi connectivity index (χ1) is 10.9. The van der Waals surface area contributed by atoms with E-state index in [9.17, 15) is 8.42 Å². The molecule has 134 valence electrons. The number of hydrogen-bond acceptors (Lipinski definition) is 3. The molecular weight excluding hydrogens is 312 g/mol. The largest absolute Gasteiger partial charge is 0.355 e. The summed E-state index contributed by atoms with van der Waals surface area (Å²) in [6.45, 7) is 5.92. The highest BCUT2D eigenvalue weighted by Crippen LogP contribution is 2.19. The van der Waals surface area contributed by atoms with E-state index in [0.717, 1.165) is 38.2 Å². The highest BCUT2D eigenvalue weighted by Gasteiger charge is 2.31. The molecule has 0 bridgehead atoms. The molecule has 0 aromatic carbocycles. The van der Waals surface area contributed by atoms with Crippen molar-refractivity contribution >= 4 is 16.0 Å². The summed E-state index contributed by atoms with van der Waals surface area (Å²) in [5.41, 5.74) is 0. The minimum absolute atomic E-state index is 0.0303. The number of allylic oxidation sites excluding steroid dienone is 1. The molecule has 1 N–H and O–H groups in total. The molecule has 1 atom stereocenters. The van der Waals surface area contributed by atoms with Crippen LogP contribution in [-0.4, -0.2) is 69.6 Å². The maximum absolute atomic E-state index is 11.8. The number of aliphatic imine (C=N–C) groups is 1. The van der Waals surface area contributed by atoms with Gasteiger partial charge in [0.1, 0.15) is 0 Å². The van der Waals surface area contributed by atoms with E-state index in [1.165, 1.54) is 19.1 Å². The third kappa shape index (κ3) is 6.91. The van der Waals surface area contributed by atoms with Crippen LogP contribution in [0, 0.1) is 0 Å². The fourth-order valence-corrected chi connectivity index (χ4v) is 4.15. The molecule has 0 aromatic rings. The van der Waals surface area contributed by atoms with Crippen molar-refractivity contribution in [2.24, 2.45) is 4.99 Å². The summed E-state index contributed by atoms with van der Waals surface area (Å²) in [6, 6.07) is 0.0303. The van der Waals surface area contributed by atoms with E-state index in [2.05, 4.69) is 21.8 Å². The third-order valence-electron chi connectivity index (χ3n) is 4.22.